The van der Waals surface area contributed by atoms with Gasteiger partial charge >= 0.3 is 0 Å². The van der Waals surface area contributed by atoms with E-state index in [-0.39, 0.29) is 5.41 Å². The van der Waals surface area contributed by atoms with Crippen molar-refractivity contribution in [1.29, 1.82) is 0 Å². The van der Waals surface area contributed by atoms with Crippen LogP contribution < -0.4 is 0 Å². The Kier molecular flexibility index (Phi) is 1.60. The van der Waals surface area contributed by atoms with E-state index in [1.807, 2.05) is 6.92 Å². The van der Waals surface area contributed by atoms with Crippen LogP contribution in [0, 0.1) is 6.92 Å². The molecule has 0 saturated heterocycles. The SMILES string of the molecule is [2H]c1ccnc2c(C(C)(C)C)c(C)nn12. The Morgan fingerprint density at radius 3 is 2.79 bits per heavy atom. The van der Waals surface area contributed by atoms with Gasteiger partial charge in [-0.15, -0.1) is 0 Å². The number of aromatic nitrogens is 3. The van der Waals surface area contributed by atoms with Crippen molar-refractivity contribution in [2.75, 3.05) is 0 Å². The van der Waals surface area contributed by atoms with Gasteiger partial charge in [0.05, 0.1) is 7.06 Å². The van der Waals surface area contributed by atoms with Crippen molar-refractivity contribution in [3.8, 4) is 0 Å². The zero-order chi connectivity index (χ0) is 11.2. The van der Waals surface area contributed by atoms with E-state index in [9.17, 15) is 0 Å². The number of aryl methyl sites for hydroxylation is 1. The minimum absolute atomic E-state index is 0.00657. The summed E-state index contributed by atoms with van der Waals surface area (Å²) in [6.07, 6.45) is 2.03. The number of hydrogen-bond acceptors (Lipinski definition) is 2. The molecule has 0 atom stereocenters. The van der Waals surface area contributed by atoms with Gasteiger partial charge in [0.25, 0.3) is 0 Å². The third kappa shape index (κ3) is 1.29. The summed E-state index contributed by atoms with van der Waals surface area (Å²) in [6.45, 7) is 8.37. The molecule has 3 nitrogen and oxygen atoms in total. The first-order valence-electron chi connectivity index (χ1n) is 5.22. The molecule has 0 aliphatic heterocycles. The lowest BCUT2D eigenvalue weighted by Gasteiger charge is -2.17. The zero-order valence-electron chi connectivity index (χ0n) is 10.00. The highest BCUT2D eigenvalue weighted by Gasteiger charge is 2.22. The van der Waals surface area contributed by atoms with Gasteiger partial charge in [0.15, 0.2) is 5.65 Å². The average molecular weight is 190 g/mol. The van der Waals surface area contributed by atoms with Crippen LogP contribution in [0.1, 0.15) is 33.4 Å². The van der Waals surface area contributed by atoms with E-state index in [0.717, 1.165) is 16.9 Å². The molecule has 0 fully saturated rings. The molecule has 0 aliphatic rings. The summed E-state index contributed by atoms with van der Waals surface area (Å²) in [5.74, 6) is 0. The van der Waals surface area contributed by atoms with Crippen LogP contribution in [0.4, 0.5) is 0 Å². The monoisotopic (exact) mass is 190 g/mol. The van der Waals surface area contributed by atoms with Crippen molar-refractivity contribution in [1.82, 2.24) is 14.6 Å². The fraction of sp³-hybridized carbons (Fsp3) is 0.455. The van der Waals surface area contributed by atoms with Crippen molar-refractivity contribution in [2.45, 2.75) is 33.1 Å². The summed E-state index contributed by atoms with van der Waals surface area (Å²) < 4.78 is 9.33. The van der Waals surface area contributed by atoms with Gasteiger partial charge < -0.3 is 0 Å². The predicted octanol–water partition coefficient (Wildman–Crippen LogP) is 2.34. The van der Waals surface area contributed by atoms with Gasteiger partial charge in [0.1, 0.15) is 0 Å². The molecule has 0 aromatic carbocycles. The normalized spacial score (nSPS) is 13.3. The Morgan fingerprint density at radius 1 is 1.43 bits per heavy atom. The predicted molar refractivity (Wildman–Crippen MR) is 56.4 cm³/mol. The van der Waals surface area contributed by atoms with E-state index in [1.54, 1.807) is 16.8 Å². The van der Waals surface area contributed by atoms with E-state index in [2.05, 4.69) is 30.9 Å². The van der Waals surface area contributed by atoms with Crippen molar-refractivity contribution < 1.29 is 1.37 Å². The molecule has 0 spiro atoms. The molecule has 0 unspecified atom stereocenters. The zero-order valence-corrected chi connectivity index (χ0v) is 9.00. The fourth-order valence-corrected chi connectivity index (χ4v) is 1.81. The molecule has 3 heteroatoms. The lowest BCUT2D eigenvalue weighted by molar-refractivity contribution is 0.590. The number of nitrogens with zero attached hydrogens (tertiary/aromatic N) is 3. The second kappa shape index (κ2) is 2.80. The molecule has 2 heterocycles. The molecule has 0 bridgehead atoms. The van der Waals surface area contributed by atoms with Crippen LogP contribution in [0.25, 0.3) is 5.65 Å². The minimum atomic E-state index is 0.00657. The highest BCUT2D eigenvalue weighted by atomic mass is 15.2. The first kappa shape index (κ1) is 7.97. The van der Waals surface area contributed by atoms with Crippen LogP contribution in [-0.2, 0) is 5.41 Å². The van der Waals surface area contributed by atoms with Crippen molar-refractivity contribution >= 4 is 5.65 Å². The standard InChI is InChI=1S/C11H15N3/c1-8-9(11(2,3)4)10-12-6-5-7-14(10)13-8/h5-7H,1-4H3/i7D. The van der Waals surface area contributed by atoms with Crippen LogP contribution in [-0.4, -0.2) is 14.6 Å². The molecule has 2 aromatic heterocycles. The van der Waals surface area contributed by atoms with Gasteiger partial charge in [0, 0.05) is 17.9 Å². The lowest BCUT2D eigenvalue weighted by atomic mass is 9.87. The average Bonchev–Trinajstić information content (AvgIpc) is 2.41. The van der Waals surface area contributed by atoms with Crippen LogP contribution in [0.15, 0.2) is 18.4 Å². The van der Waals surface area contributed by atoms with Crippen molar-refractivity contribution in [3.05, 3.63) is 29.7 Å². The fourth-order valence-electron chi connectivity index (χ4n) is 1.81. The first-order valence-corrected chi connectivity index (χ1v) is 4.72. The summed E-state index contributed by atoms with van der Waals surface area (Å²) >= 11 is 0. The maximum atomic E-state index is 7.74. The second-order valence-electron chi connectivity index (χ2n) is 4.52. The third-order valence-corrected chi connectivity index (χ3v) is 2.25. The Balaban J connectivity index is 2.86. The Hall–Kier alpha value is -1.38. The van der Waals surface area contributed by atoms with Gasteiger partial charge in [0.2, 0.25) is 0 Å². The minimum Gasteiger partial charge on any atom is -0.237 e. The van der Waals surface area contributed by atoms with E-state index in [4.69, 9.17) is 1.37 Å². The van der Waals surface area contributed by atoms with E-state index >= 15 is 0 Å². The number of fused-ring (bicyclic) bond motifs is 1. The van der Waals surface area contributed by atoms with Gasteiger partial charge in [-0.25, -0.2) is 9.50 Å². The molecular weight excluding hydrogens is 174 g/mol. The molecule has 74 valence electrons. The van der Waals surface area contributed by atoms with Crippen molar-refractivity contribution in [3.63, 3.8) is 0 Å². The van der Waals surface area contributed by atoms with Gasteiger partial charge in [-0.3, -0.25) is 0 Å². The van der Waals surface area contributed by atoms with Crippen LogP contribution in [0.2, 0.25) is 0 Å². The van der Waals surface area contributed by atoms with Crippen molar-refractivity contribution in [2.24, 2.45) is 0 Å². The highest BCUT2D eigenvalue weighted by molar-refractivity contribution is 5.53. The third-order valence-electron chi connectivity index (χ3n) is 2.25. The molecule has 0 saturated carbocycles. The molecule has 0 N–H and O–H groups in total. The Morgan fingerprint density at radius 2 is 2.14 bits per heavy atom. The van der Waals surface area contributed by atoms with Crippen LogP contribution >= 0.6 is 0 Å². The first-order chi connectivity index (χ1) is 6.91. The largest absolute Gasteiger partial charge is 0.237 e. The van der Waals surface area contributed by atoms with Crippen LogP contribution in [0.5, 0.6) is 0 Å². The molecule has 14 heavy (non-hydrogen) atoms. The van der Waals surface area contributed by atoms with Gasteiger partial charge in [-0.1, -0.05) is 20.8 Å². The van der Waals surface area contributed by atoms with E-state index in [0.29, 0.717) is 6.17 Å². The maximum Gasteiger partial charge on any atom is 0.158 e. The second-order valence-corrected chi connectivity index (χ2v) is 4.52. The Labute approximate surface area is 85.2 Å². The van der Waals surface area contributed by atoms with Gasteiger partial charge in [-0.05, 0) is 18.4 Å². The summed E-state index contributed by atoms with van der Waals surface area (Å²) in [5.41, 5.74) is 2.88. The van der Waals surface area contributed by atoms with Crippen LogP contribution in [0.3, 0.4) is 0 Å². The molecule has 0 radical (unpaired) electrons. The van der Waals surface area contributed by atoms with E-state index < -0.39 is 0 Å². The Bertz CT molecular complexity index is 508. The topological polar surface area (TPSA) is 30.2 Å². The summed E-state index contributed by atoms with van der Waals surface area (Å²) in [4.78, 5) is 4.31. The summed E-state index contributed by atoms with van der Waals surface area (Å²) in [5, 5.41) is 4.35. The highest BCUT2D eigenvalue weighted by Crippen LogP contribution is 2.27. The summed E-state index contributed by atoms with van der Waals surface area (Å²) in [6, 6.07) is 1.64. The van der Waals surface area contributed by atoms with E-state index in [1.165, 1.54) is 0 Å². The quantitative estimate of drug-likeness (QED) is 0.638. The smallest absolute Gasteiger partial charge is 0.158 e. The molecular formula is C11H15N3. The lowest BCUT2D eigenvalue weighted by Crippen LogP contribution is -2.12. The number of hydrogen-bond donors (Lipinski definition) is 0. The summed E-state index contributed by atoms with van der Waals surface area (Å²) in [7, 11) is 0. The molecule has 0 amide bonds. The molecule has 2 rings (SSSR count). The maximum absolute atomic E-state index is 7.74. The number of rotatable bonds is 0. The van der Waals surface area contributed by atoms with Gasteiger partial charge in [-0.2, -0.15) is 5.10 Å². The molecule has 0 aliphatic carbocycles. The molecule has 2 aromatic rings.